The van der Waals surface area contributed by atoms with Crippen LogP contribution in [0, 0.1) is 5.92 Å². The number of aromatic amines is 1. The largest absolute Gasteiger partial charge is 0.338 e. The Morgan fingerprint density at radius 2 is 1.65 bits per heavy atom. The van der Waals surface area contributed by atoms with Gasteiger partial charge in [0.25, 0.3) is 0 Å². The van der Waals surface area contributed by atoms with Crippen molar-refractivity contribution < 1.29 is 4.79 Å². The van der Waals surface area contributed by atoms with Crippen molar-refractivity contribution in [3.63, 3.8) is 0 Å². The highest BCUT2D eigenvalue weighted by Crippen LogP contribution is 2.35. The first-order valence-electron chi connectivity index (χ1n) is 9.30. The summed E-state index contributed by atoms with van der Waals surface area (Å²) in [6, 6.07) is 18.9. The smallest absolute Gasteiger partial charge is 0.225 e. The molecule has 2 aliphatic rings. The van der Waals surface area contributed by atoms with Gasteiger partial charge < -0.3 is 4.90 Å². The Labute approximate surface area is 152 Å². The molecule has 3 aromatic rings. The fourth-order valence-electron chi connectivity index (χ4n) is 3.76. The molecule has 0 unspecified atom stereocenters. The van der Waals surface area contributed by atoms with Crippen molar-refractivity contribution in [3.8, 4) is 22.4 Å². The number of H-pyrrole nitrogens is 1. The Bertz CT molecular complexity index is 939. The van der Waals surface area contributed by atoms with E-state index >= 15 is 0 Å². The minimum absolute atomic E-state index is 0.275. The number of rotatable bonds is 3. The second-order valence-corrected chi connectivity index (χ2v) is 7.26. The first-order chi connectivity index (χ1) is 12.8. The van der Waals surface area contributed by atoms with Crippen LogP contribution in [-0.2, 0) is 17.8 Å². The van der Waals surface area contributed by atoms with Gasteiger partial charge in [-0.1, -0.05) is 54.6 Å². The zero-order valence-electron chi connectivity index (χ0n) is 14.6. The molecule has 0 bridgehead atoms. The third-order valence-corrected chi connectivity index (χ3v) is 5.44. The topological polar surface area (TPSA) is 49.0 Å². The standard InChI is InChI=1S/C22H21N3O/c26-22(18-10-11-18)25-13-12-20-19(14-25)21(24-23-20)17-8-6-16(7-9-17)15-4-2-1-3-5-15/h1-9,18H,10-14H2,(H,23,24). The van der Waals surface area contributed by atoms with Crippen molar-refractivity contribution in [1.29, 1.82) is 0 Å². The third-order valence-electron chi connectivity index (χ3n) is 5.44. The number of fused-ring (bicyclic) bond motifs is 1. The van der Waals surface area contributed by atoms with Crippen LogP contribution in [-0.4, -0.2) is 27.5 Å². The Kier molecular flexibility index (Phi) is 3.63. The molecular weight excluding hydrogens is 322 g/mol. The molecule has 0 saturated heterocycles. The molecule has 2 heterocycles. The van der Waals surface area contributed by atoms with Gasteiger partial charge in [0.1, 0.15) is 0 Å². The van der Waals surface area contributed by atoms with E-state index in [4.69, 9.17) is 0 Å². The molecule has 2 aromatic carbocycles. The predicted molar refractivity (Wildman–Crippen MR) is 101 cm³/mol. The fraction of sp³-hybridized carbons (Fsp3) is 0.273. The molecular formula is C22H21N3O. The van der Waals surface area contributed by atoms with Crippen LogP contribution in [0.25, 0.3) is 22.4 Å². The van der Waals surface area contributed by atoms with Crippen LogP contribution in [0.4, 0.5) is 0 Å². The summed E-state index contributed by atoms with van der Waals surface area (Å²) in [6.45, 7) is 1.48. The van der Waals surface area contributed by atoms with Crippen molar-refractivity contribution in [2.24, 2.45) is 5.92 Å². The van der Waals surface area contributed by atoms with Crippen LogP contribution in [0.5, 0.6) is 0 Å². The van der Waals surface area contributed by atoms with Gasteiger partial charge in [-0.15, -0.1) is 0 Å². The summed E-state index contributed by atoms with van der Waals surface area (Å²) in [6.07, 6.45) is 2.98. The number of nitrogens with one attached hydrogen (secondary N) is 1. The summed E-state index contributed by atoms with van der Waals surface area (Å²) in [7, 11) is 0. The number of carbonyl (C=O) groups excluding carboxylic acids is 1. The van der Waals surface area contributed by atoms with Crippen molar-refractivity contribution in [2.75, 3.05) is 6.54 Å². The van der Waals surface area contributed by atoms with E-state index in [1.54, 1.807) is 0 Å². The quantitative estimate of drug-likeness (QED) is 0.780. The van der Waals surface area contributed by atoms with E-state index in [2.05, 4.69) is 58.7 Å². The predicted octanol–water partition coefficient (Wildman–Crippen LogP) is 4.04. The molecule has 4 heteroatoms. The Balaban J connectivity index is 1.43. The average Bonchev–Trinajstić information content (AvgIpc) is 3.47. The van der Waals surface area contributed by atoms with Crippen LogP contribution >= 0.6 is 0 Å². The first-order valence-corrected chi connectivity index (χ1v) is 9.30. The van der Waals surface area contributed by atoms with E-state index < -0.39 is 0 Å². The molecule has 1 aromatic heterocycles. The summed E-state index contributed by atoms with van der Waals surface area (Å²) in [5.41, 5.74) is 6.84. The zero-order chi connectivity index (χ0) is 17.5. The van der Waals surface area contributed by atoms with Crippen molar-refractivity contribution in [2.45, 2.75) is 25.8 Å². The van der Waals surface area contributed by atoms with Gasteiger partial charge in [-0.05, 0) is 24.0 Å². The molecule has 5 rings (SSSR count). The van der Waals surface area contributed by atoms with Gasteiger partial charge in [-0.2, -0.15) is 5.10 Å². The number of benzene rings is 2. The summed E-state index contributed by atoms with van der Waals surface area (Å²) < 4.78 is 0. The van der Waals surface area contributed by atoms with Crippen LogP contribution in [0.2, 0.25) is 0 Å². The molecule has 1 fully saturated rings. The van der Waals surface area contributed by atoms with E-state index in [0.717, 1.165) is 37.1 Å². The van der Waals surface area contributed by atoms with E-state index in [9.17, 15) is 4.79 Å². The molecule has 1 saturated carbocycles. The maximum atomic E-state index is 12.4. The lowest BCUT2D eigenvalue weighted by molar-refractivity contribution is -0.133. The number of hydrogen-bond donors (Lipinski definition) is 1. The lowest BCUT2D eigenvalue weighted by atomic mass is 9.98. The molecule has 1 N–H and O–H groups in total. The molecule has 1 amide bonds. The average molecular weight is 343 g/mol. The normalized spacial score (nSPS) is 16.4. The molecule has 130 valence electrons. The third kappa shape index (κ3) is 2.71. The highest BCUT2D eigenvalue weighted by Gasteiger charge is 2.35. The number of nitrogens with zero attached hydrogens (tertiary/aromatic N) is 2. The maximum absolute atomic E-state index is 12.4. The summed E-state index contributed by atoms with van der Waals surface area (Å²) in [5, 5.41) is 7.75. The van der Waals surface area contributed by atoms with E-state index in [1.165, 1.54) is 22.4 Å². The van der Waals surface area contributed by atoms with Gasteiger partial charge in [0.15, 0.2) is 0 Å². The van der Waals surface area contributed by atoms with Gasteiger partial charge >= 0.3 is 0 Å². The second-order valence-electron chi connectivity index (χ2n) is 7.26. The molecule has 0 radical (unpaired) electrons. The number of hydrogen-bond acceptors (Lipinski definition) is 2. The van der Waals surface area contributed by atoms with Crippen molar-refractivity contribution >= 4 is 5.91 Å². The highest BCUT2D eigenvalue weighted by molar-refractivity contribution is 5.81. The van der Waals surface area contributed by atoms with Gasteiger partial charge in [-0.3, -0.25) is 9.89 Å². The number of carbonyl (C=O) groups is 1. The van der Waals surface area contributed by atoms with Crippen LogP contribution in [0.15, 0.2) is 54.6 Å². The summed E-state index contributed by atoms with van der Waals surface area (Å²) in [5.74, 6) is 0.597. The van der Waals surface area contributed by atoms with Gasteiger partial charge in [0, 0.05) is 42.2 Å². The van der Waals surface area contributed by atoms with E-state index in [1.807, 2.05) is 11.0 Å². The van der Waals surface area contributed by atoms with Gasteiger partial charge in [0.05, 0.1) is 5.69 Å². The minimum Gasteiger partial charge on any atom is -0.338 e. The monoisotopic (exact) mass is 343 g/mol. The number of aromatic nitrogens is 2. The van der Waals surface area contributed by atoms with Crippen LogP contribution in [0.1, 0.15) is 24.1 Å². The number of amides is 1. The zero-order valence-corrected chi connectivity index (χ0v) is 14.6. The molecule has 0 atom stereocenters. The molecule has 1 aliphatic heterocycles. The summed E-state index contributed by atoms with van der Waals surface area (Å²) >= 11 is 0. The lowest BCUT2D eigenvalue weighted by Crippen LogP contribution is -2.36. The van der Waals surface area contributed by atoms with Crippen LogP contribution < -0.4 is 0 Å². The Hall–Kier alpha value is -2.88. The van der Waals surface area contributed by atoms with Gasteiger partial charge in [-0.25, -0.2) is 0 Å². The van der Waals surface area contributed by atoms with E-state index in [-0.39, 0.29) is 5.92 Å². The molecule has 4 nitrogen and oxygen atoms in total. The SMILES string of the molecule is O=C(C1CC1)N1CCc2[nH]nc(-c3ccc(-c4ccccc4)cc3)c2C1. The fourth-order valence-corrected chi connectivity index (χ4v) is 3.76. The Morgan fingerprint density at radius 1 is 0.962 bits per heavy atom. The van der Waals surface area contributed by atoms with Crippen LogP contribution in [0.3, 0.4) is 0 Å². The van der Waals surface area contributed by atoms with Crippen molar-refractivity contribution in [3.05, 3.63) is 65.9 Å². The highest BCUT2D eigenvalue weighted by atomic mass is 16.2. The molecule has 1 aliphatic carbocycles. The lowest BCUT2D eigenvalue weighted by Gasteiger charge is -2.27. The van der Waals surface area contributed by atoms with Gasteiger partial charge in [0.2, 0.25) is 5.91 Å². The summed E-state index contributed by atoms with van der Waals surface area (Å²) in [4.78, 5) is 14.4. The maximum Gasteiger partial charge on any atom is 0.225 e. The Morgan fingerprint density at radius 3 is 2.38 bits per heavy atom. The second kappa shape index (κ2) is 6.13. The van der Waals surface area contributed by atoms with Crippen molar-refractivity contribution in [1.82, 2.24) is 15.1 Å². The molecule has 26 heavy (non-hydrogen) atoms. The first kappa shape index (κ1) is 15.4. The minimum atomic E-state index is 0.275. The molecule has 0 spiro atoms. The van der Waals surface area contributed by atoms with E-state index in [0.29, 0.717) is 12.5 Å².